The number of hydrogen-bond acceptors (Lipinski definition) is 3. The normalized spacial score (nSPS) is 13.8. The quantitative estimate of drug-likeness (QED) is 0.923. The lowest BCUT2D eigenvalue weighted by atomic mass is 10.3. The lowest BCUT2D eigenvalue weighted by molar-refractivity contribution is 0.287. The van der Waals surface area contributed by atoms with Gasteiger partial charge in [-0.1, -0.05) is 15.9 Å². The molecule has 15 heavy (non-hydrogen) atoms. The van der Waals surface area contributed by atoms with Gasteiger partial charge in [-0.15, -0.1) is 0 Å². The second-order valence-corrected chi connectivity index (χ2v) is 6.60. The summed E-state index contributed by atoms with van der Waals surface area (Å²) >= 11 is 3.25. The van der Waals surface area contributed by atoms with Gasteiger partial charge in [0.2, 0.25) is 0 Å². The zero-order valence-electron chi connectivity index (χ0n) is 8.35. The summed E-state index contributed by atoms with van der Waals surface area (Å²) in [5, 5.41) is 8.17. The van der Waals surface area contributed by atoms with Crippen molar-refractivity contribution >= 4 is 25.8 Å². The summed E-state index contributed by atoms with van der Waals surface area (Å²) in [7, 11) is -3.30. The van der Waals surface area contributed by atoms with Gasteiger partial charge in [-0.2, -0.15) is 0 Å². The molecule has 1 aromatic carbocycles. The molecule has 0 amide bonds. The predicted octanol–water partition coefficient (Wildman–Crippen LogP) is 1.99. The van der Waals surface area contributed by atoms with E-state index in [0.717, 1.165) is 4.47 Å². The van der Waals surface area contributed by atoms with Crippen LogP contribution >= 0.6 is 15.9 Å². The maximum Gasteiger partial charge on any atom is 0.181 e. The molecule has 1 aromatic rings. The van der Waals surface area contributed by atoms with Crippen LogP contribution in [0.3, 0.4) is 0 Å². The van der Waals surface area contributed by atoms with Gasteiger partial charge in [0.25, 0.3) is 0 Å². The lowest BCUT2D eigenvalue weighted by Gasteiger charge is -2.11. The van der Waals surface area contributed by atoms with Gasteiger partial charge in [-0.25, -0.2) is 8.42 Å². The number of benzene rings is 1. The lowest BCUT2D eigenvalue weighted by Crippen LogP contribution is -2.19. The predicted molar refractivity (Wildman–Crippen MR) is 62.5 cm³/mol. The summed E-state index contributed by atoms with van der Waals surface area (Å²) in [5.74, 6) is 0. The molecule has 5 heteroatoms. The first kappa shape index (κ1) is 12.7. The third-order valence-electron chi connectivity index (χ3n) is 2.21. The molecule has 0 spiro atoms. The molecular formula is C10H13BrO3S. The number of rotatable bonds is 4. The number of hydrogen-bond donors (Lipinski definition) is 1. The summed E-state index contributed by atoms with van der Waals surface area (Å²) in [6, 6.07) is 6.51. The van der Waals surface area contributed by atoms with E-state index in [1.54, 1.807) is 31.2 Å². The minimum absolute atomic E-state index is 0.114. The van der Waals surface area contributed by atoms with Crippen LogP contribution in [0.25, 0.3) is 0 Å². The standard InChI is InChI=1S/C10H13BrO3S/c1-8(6-7-12)15(13,14)10-4-2-9(11)3-5-10/h2-5,8,12H,6-7H2,1H3. The highest BCUT2D eigenvalue weighted by Crippen LogP contribution is 2.20. The Morgan fingerprint density at radius 1 is 1.33 bits per heavy atom. The number of halogens is 1. The maximum absolute atomic E-state index is 11.9. The number of aliphatic hydroxyl groups is 1. The molecule has 0 aliphatic rings. The van der Waals surface area contributed by atoms with Gasteiger partial charge in [0, 0.05) is 11.1 Å². The molecule has 0 fully saturated rings. The Balaban J connectivity index is 3.01. The molecular weight excluding hydrogens is 280 g/mol. The molecule has 0 radical (unpaired) electrons. The topological polar surface area (TPSA) is 54.4 Å². The van der Waals surface area contributed by atoms with Gasteiger partial charge in [0.15, 0.2) is 9.84 Å². The van der Waals surface area contributed by atoms with E-state index in [1.807, 2.05) is 0 Å². The van der Waals surface area contributed by atoms with E-state index < -0.39 is 15.1 Å². The van der Waals surface area contributed by atoms with E-state index in [0.29, 0.717) is 4.90 Å². The highest BCUT2D eigenvalue weighted by molar-refractivity contribution is 9.10. The molecule has 3 nitrogen and oxygen atoms in total. The maximum atomic E-state index is 11.9. The monoisotopic (exact) mass is 292 g/mol. The van der Waals surface area contributed by atoms with E-state index in [4.69, 9.17) is 5.11 Å². The van der Waals surface area contributed by atoms with Crippen LogP contribution in [0.15, 0.2) is 33.6 Å². The second-order valence-electron chi connectivity index (χ2n) is 3.32. The van der Waals surface area contributed by atoms with Gasteiger partial charge in [-0.3, -0.25) is 0 Å². The van der Waals surface area contributed by atoms with Crippen LogP contribution in [-0.4, -0.2) is 25.4 Å². The van der Waals surface area contributed by atoms with Crippen molar-refractivity contribution in [3.8, 4) is 0 Å². The third-order valence-corrected chi connectivity index (χ3v) is 4.96. The van der Waals surface area contributed by atoms with Crippen LogP contribution < -0.4 is 0 Å². The Morgan fingerprint density at radius 2 is 1.87 bits per heavy atom. The Hall–Kier alpha value is -0.390. The molecule has 0 saturated carbocycles. The molecule has 0 bridgehead atoms. The average Bonchev–Trinajstić information content (AvgIpc) is 2.18. The Labute approximate surface area is 98.2 Å². The summed E-state index contributed by atoms with van der Waals surface area (Å²) in [6.07, 6.45) is 0.262. The zero-order valence-corrected chi connectivity index (χ0v) is 10.8. The van der Waals surface area contributed by atoms with Crippen molar-refractivity contribution in [2.75, 3.05) is 6.61 Å². The SMILES string of the molecule is CC(CCO)S(=O)(=O)c1ccc(Br)cc1. The zero-order chi connectivity index (χ0) is 11.5. The van der Waals surface area contributed by atoms with Crippen molar-refractivity contribution in [3.05, 3.63) is 28.7 Å². The smallest absolute Gasteiger partial charge is 0.181 e. The van der Waals surface area contributed by atoms with Crippen LogP contribution in [0.2, 0.25) is 0 Å². The fraction of sp³-hybridized carbons (Fsp3) is 0.400. The second kappa shape index (κ2) is 5.09. The van der Waals surface area contributed by atoms with Crippen LogP contribution in [0, 0.1) is 0 Å². The van der Waals surface area contributed by atoms with E-state index in [9.17, 15) is 8.42 Å². The van der Waals surface area contributed by atoms with Crippen LogP contribution in [0.1, 0.15) is 13.3 Å². The first-order chi connectivity index (χ1) is 6.98. The number of aliphatic hydroxyl groups excluding tert-OH is 1. The summed E-state index contributed by atoms with van der Waals surface area (Å²) in [4.78, 5) is 0.298. The largest absolute Gasteiger partial charge is 0.396 e. The number of sulfone groups is 1. The molecule has 84 valence electrons. The average molecular weight is 293 g/mol. The first-order valence-electron chi connectivity index (χ1n) is 4.59. The first-order valence-corrected chi connectivity index (χ1v) is 6.92. The summed E-state index contributed by atoms with van der Waals surface area (Å²) < 4.78 is 24.7. The van der Waals surface area contributed by atoms with Crippen molar-refractivity contribution in [2.45, 2.75) is 23.5 Å². The summed E-state index contributed by atoms with van der Waals surface area (Å²) in [5.41, 5.74) is 0. The van der Waals surface area contributed by atoms with Crippen molar-refractivity contribution in [2.24, 2.45) is 0 Å². The van der Waals surface area contributed by atoms with Crippen molar-refractivity contribution in [1.29, 1.82) is 0 Å². The Bertz CT molecular complexity index is 411. The molecule has 0 heterocycles. The molecule has 0 aromatic heterocycles. The Morgan fingerprint density at radius 3 is 2.33 bits per heavy atom. The van der Waals surface area contributed by atoms with Crippen LogP contribution in [0.5, 0.6) is 0 Å². The van der Waals surface area contributed by atoms with E-state index >= 15 is 0 Å². The van der Waals surface area contributed by atoms with Gasteiger partial charge >= 0.3 is 0 Å². The minimum Gasteiger partial charge on any atom is -0.396 e. The van der Waals surface area contributed by atoms with Gasteiger partial charge in [0.1, 0.15) is 0 Å². The van der Waals surface area contributed by atoms with Gasteiger partial charge in [-0.05, 0) is 37.6 Å². The van der Waals surface area contributed by atoms with Crippen LogP contribution in [-0.2, 0) is 9.84 Å². The molecule has 1 N–H and O–H groups in total. The van der Waals surface area contributed by atoms with E-state index in [1.165, 1.54) is 0 Å². The highest BCUT2D eigenvalue weighted by atomic mass is 79.9. The fourth-order valence-electron chi connectivity index (χ4n) is 1.19. The molecule has 1 atom stereocenters. The Kier molecular flexibility index (Phi) is 4.31. The highest BCUT2D eigenvalue weighted by Gasteiger charge is 2.22. The van der Waals surface area contributed by atoms with Crippen LogP contribution in [0.4, 0.5) is 0 Å². The van der Waals surface area contributed by atoms with Gasteiger partial charge in [0.05, 0.1) is 10.1 Å². The third kappa shape index (κ3) is 3.03. The fourth-order valence-corrected chi connectivity index (χ4v) is 2.85. The van der Waals surface area contributed by atoms with E-state index in [2.05, 4.69) is 15.9 Å². The molecule has 1 unspecified atom stereocenters. The van der Waals surface area contributed by atoms with Crippen molar-refractivity contribution in [1.82, 2.24) is 0 Å². The summed E-state index contributed by atoms with van der Waals surface area (Å²) in [6.45, 7) is 1.49. The van der Waals surface area contributed by atoms with E-state index in [-0.39, 0.29) is 13.0 Å². The molecule has 0 aliphatic carbocycles. The molecule has 1 rings (SSSR count). The molecule has 0 aliphatic heterocycles. The van der Waals surface area contributed by atoms with Crippen molar-refractivity contribution < 1.29 is 13.5 Å². The minimum atomic E-state index is -3.30. The van der Waals surface area contributed by atoms with Gasteiger partial charge < -0.3 is 5.11 Å². The van der Waals surface area contributed by atoms with Crippen molar-refractivity contribution in [3.63, 3.8) is 0 Å². The molecule has 0 saturated heterocycles.